The fourth-order valence-corrected chi connectivity index (χ4v) is 0.573. The first-order valence-electron chi connectivity index (χ1n) is 3.62. The number of esters is 1. The smallest absolute Gasteiger partial charge is 0.443 e. The van der Waals surface area contributed by atoms with Crippen LogP contribution in [0.4, 0.5) is 4.79 Å². The maximum Gasteiger partial charge on any atom is 0.443 e. The minimum Gasteiger partial charge on any atom is -0.468 e. The number of hydroxylamine groups is 2. The quantitative estimate of drug-likeness (QED) is 0.455. The molecule has 14 heavy (non-hydrogen) atoms. The highest BCUT2D eigenvalue weighted by molar-refractivity contribution is 5.78. The minimum absolute atomic E-state index is 0.466. The van der Waals surface area contributed by atoms with Gasteiger partial charge >= 0.3 is 18.0 Å². The molecule has 0 aliphatic heterocycles. The molecule has 0 aromatic carbocycles. The second-order valence-corrected chi connectivity index (χ2v) is 2.17. The average Bonchev–Trinajstić information content (AvgIpc) is 2.14. The topological polar surface area (TPSA) is 82.1 Å². The highest BCUT2D eigenvalue weighted by atomic mass is 16.8. The predicted octanol–water partition coefficient (Wildman–Crippen LogP) is -0.294. The summed E-state index contributed by atoms with van der Waals surface area (Å²) in [5.41, 5.74) is 0. The second-order valence-electron chi connectivity index (χ2n) is 2.17. The van der Waals surface area contributed by atoms with Gasteiger partial charge in [0.2, 0.25) is 0 Å². The van der Waals surface area contributed by atoms with Crippen molar-refractivity contribution in [1.82, 2.24) is 5.06 Å². The van der Waals surface area contributed by atoms with Crippen molar-refractivity contribution in [2.45, 2.75) is 6.92 Å². The number of ether oxygens (including phenoxy) is 2. The van der Waals surface area contributed by atoms with Crippen molar-refractivity contribution < 1.29 is 28.7 Å². The van der Waals surface area contributed by atoms with E-state index in [2.05, 4.69) is 14.3 Å². The lowest BCUT2D eigenvalue weighted by Gasteiger charge is -2.16. The zero-order valence-corrected chi connectivity index (χ0v) is 8.10. The summed E-state index contributed by atoms with van der Waals surface area (Å²) in [7, 11) is 2.24. The van der Waals surface area contributed by atoms with Gasteiger partial charge in [0.1, 0.15) is 0 Å². The van der Waals surface area contributed by atoms with Crippen LogP contribution in [-0.2, 0) is 23.9 Å². The van der Waals surface area contributed by atoms with Crippen LogP contribution in [0.1, 0.15) is 6.92 Å². The first-order valence-corrected chi connectivity index (χ1v) is 3.62. The van der Waals surface area contributed by atoms with Crippen LogP contribution < -0.4 is 0 Å². The van der Waals surface area contributed by atoms with Crippen molar-refractivity contribution in [2.24, 2.45) is 0 Å². The third-order valence-corrected chi connectivity index (χ3v) is 1.12. The lowest BCUT2D eigenvalue weighted by Crippen LogP contribution is -2.37. The van der Waals surface area contributed by atoms with Gasteiger partial charge in [0.25, 0.3) is 0 Å². The number of methoxy groups -OCH3 is 2. The molecule has 0 fully saturated rings. The van der Waals surface area contributed by atoms with E-state index in [1.165, 1.54) is 0 Å². The fourth-order valence-electron chi connectivity index (χ4n) is 0.573. The van der Waals surface area contributed by atoms with Crippen LogP contribution in [0.5, 0.6) is 0 Å². The van der Waals surface area contributed by atoms with E-state index < -0.39 is 24.6 Å². The highest BCUT2D eigenvalue weighted by Gasteiger charge is 2.21. The third kappa shape index (κ3) is 4.29. The highest BCUT2D eigenvalue weighted by Crippen LogP contribution is 1.96. The van der Waals surface area contributed by atoms with Gasteiger partial charge in [-0.3, -0.25) is 4.79 Å². The van der Waals surface area contributed by atoms with E-state index in [-0.39, 0.29) is 0 Å². The van der Waals surface area contributed by atoms with Gasteiger partial charge in [0.15, 0.2) is 6.54 Å². The van der Waals surface area contributed by atoms with Gasteiger partial charge in [-0.2, -0.15) is 0 Å². The molecule has 0 bridgehead atoms. The normalized spacial score (nSPS) is 8.79. The lowest BCUT2D eigenvalue weighted by atomic mass is 10.6. The summed E-state index contributed by atoms with van der Waals surface area (Å²) in [6.07, 6.45) is -0.953. The lowest BCUT2D eigenvalue weighted by molar-refractivity contribution is -0.183. The molecule has 0 spiro atoms. The minimum atomic E-state index is -0.953. The summed E-state index contributed by atoms with van der Waals surface area (Å²) in [5, 5.41) is 0.466. The van der Waals surface area contributed by atoms with E-state index in [0.29, 0.717) is 5.06 Å². The Labute approximate surface area is 80.5 Å². The summed E-state index contributed by atoms with van der Waals surface area (Å²) in [5.74, 6) is -1.46. The molecule has 0 radical (unpaired) electrons. The van der Waals surface area contributed by atoms with Crippen LogP contribution in [-0.4, -0.2) is 43.9 Å². The molecule has 0 aromatic heterocycles. The number of rotatable bonds is 2. The van der Waals surface area contributed by atoms with Crippen molar-refractivity contribution in [2.75, 3.05) is 20.8 Å². The number of hydrogen-bond donors (Lipinski definition) is 0. The first kappa shape index (κ1) is 12.2. The van der Waals surface area contributed by atoms with Crippen molar-refractivity contribution in [1.29, 1.82) is 0 Å². The van der Waals surface area contributed by atoms with E-state index >= 15 is 0 Å². The van der Waals surface area contributed by atoms with E-state index in [1.54, 1.807) is 0 Å². The van der Waals surface area contributed by atoms with E-state index in [4.69, 9.17) is 0 Å². The maximum absolute atomic E-state index is 10.9. The van der Waals surface area contributed by atoms with Crippen LogP contribution >= 0.6 is 0 Å². The van der Waals surface area contributed by atoms with Gasteiger partial charge in [0.05, 0.1) is 14.2 Å². The molecule has 0 saturated heterocycles. The van der Waals surface area contributed by atoms with Gasteiger partial charge in [-0.25, -0.2) is 9.59 Å². The van der Waals surface area contributed by atoms with Gasteiger partial charge < -0.3 is 14.3 Å². The zero-order valence-electron chi connectivity index (χ0n) is 8.10. The molecule has 0 saturated carbocycles. The molecule has 0 N–H and O–H groups in total. The van der Waals surface area contributed by atoms with Crippen LogP contribution in [0.25, 0.3) is 0 Å². The third-order valence-electron chi connectivity index (χ3n) is 1.12. The summed E-state index contributed by atoms with van der Waals surface area (Å²) >= 11 is 0. The number of hydrogen-bond acceptors (Lipinski definition) is 6. The van der Waals surface area contributed by atoms with Crippen molar-refractivity contribution in [3.8, 4) is 0 Å². The summed E-state index contributed by atoms with van der Waals surface area (Å²) in [4.78, 5) is 36.6. The van der Waals surface area contributed by atoms with Crippen LogP contribution in [0.15, 0.2) is 0 Å². The molecule has 0 atom stereocenters. The molecule has 80 valence electrons. The Morgan fingerprint density at radius 1 is 1.14 bits per heavy atom. The Morgan fingerprint density at radius 3 is 2.07 bits per heavy atom. The largest absolute Gasteiger partial charge is 0.468 e. The molecule has 0 aliphatic rings. The van der Waals surface area contributed by atoms with Crippen LogP contribution in [0.2, 0.25) is 0 Å². The Bertz CT molecular complexity index is 238. The molecule has 0 unspecified atom stereocenters. The molecular formula is C7H11NO6. The molecule has 0 heterocycles. The monoisotopic (exact) mass is 205 g/mol. The fraction of sp³-hybridized carbons (Fsp3) is 0.571. The Kier molecular flexibility index (Phi) is 5.05. The summed E-state index contributed by atoms with van der Waals surface area (Å²) in [6, 6.07) is 0. The Hall–Kier alpha value is -1.79. The zero-order chi connectivity index (χ0) is 11.1. The molecular weight excluding hydrogens is 194 g/mol. The standard InChI is InChI=1S/C7H11NO6/c1-5(9)14-8(7(11)13-3)4-6(10)12-2/h4H2,1-3H3. The number of carbonyl (C=O) groups is 3. The van der Waals surface area contributed by atoms with Crippen molar-refractivity contribution in [3.05, 3.63) is 0 Å². The number of amides is 1. The number of carbonyl (C=O) groups excluding carboxylic acids is 3. The molecule has 0 aliphatic carbocycles. The maximum atomic E-state index is 10.9. The Morgan fingerprint density at radius 2 is 1.71 bits per heavy atom. The first-order chi connectivity index (χ1) is 6.51. The van der Waals surface area contributed by atoms with Crippen LogP contribution in [0, 0.1) is 0 Å². The van der Waals surface area contributed by atoms with Gasteiger partial charge in [-0.15, -0.1) is 5.06 Å². The Balaban J connectivity index is 4.31. The molecule has 0 rings (SSSR count). The predicted molar refractivity (Wildman–Crippen MR) is 42.9 cm³/mol. The average molecular weight is 205 g/mol. The molecule has 7 heteroatoms. The SMILES string of the molecule is COC(=O)CN(OC(C)=O)C(=O)OC. The van der Waals surface area contributed by atoms with E-state index in [9.17, 15) is 14.4 Å². The molecule has 7 nitrogen and oxygen atoms in total. The van der Waals surface area contributed by atoms with Crippen molar-refractivity contribution >= 4 is 18.0 Å². The molecule has 0 aromatic rings. The second kappa shape index (κ2) is 5.79. The van der Waals surface area contributed by atoms with Gasteiger partial charge in [0, 0.05) is 6.92 Å². The van der Waals surface area contributed by atoms with E-state index in [1.807, 2.05) is 0 Å². The number of nitrogens with zero attached hydrogens (tertiary/aromatic N) is 1. The van der Waals surface area contributed by atoms with Gasteiger partial charge in [-0.1, -0.05) is 0 Å². The van der Waals surface area contributed by atoms with E-state index in [0.717, 1.165) is 21.1 Å². The van der Waals surface area contributed by atoms with Crippen LogP contribution in [0.3, 0.4) is 0 Å². The molecule has 1 amide bonds. The summed E-state index contributed by atoms with van der Waals surface area (Å²) in [6.45, 7) is 0.579. The summed E-state index contributed by atoms with van der Waals surface area (Å²) < 4.78 is 8.54. The van der Waals surface area contributed by atoms with Gasteiger partial charge in [-0.05, 0) is 0 Å². The van der Waals surface area contributed by atoms with Crippen molar-refractivity contribution in [3.63, 3.8) is 0 Å².